The molecule has 7 heteroatoms. The number of piperazine rings is 1. The van der Waals surface area contributed by atoms with E-state index in [9.17, 15) is 18.0 Å². The third-order valence-electron chi connectivity index (χ3n) is 4.43. The van der Waals surface area contributed by atoms with Gasteiger partial charge in [-0.25, -0.2) is 4.98 Å². The van der Waals surface area contributed by atoms with Gasteiger partial charge in [-0.3, -0.25) is 9.69 Å². The number of rotatable bonds is 1. The summed E-state index contributed by atoms with van der Waals surface area (Å²) < 4.78 is 38.4. The number of aromatic nitrogens is 1. The highest BCUT2D eigenvalue weighted by Gasteiger charge is 2.39. The molecule has 120 valence electrons. The van der Waals surface area contributed by atoms with Crippen molar-refractivity contribution >= 4 is 11.6 Å². The molecule has 0 aliphatic carbocycles. The second-order valence-electron chi connectivity index (χ2n) is 6.16. The van der Waals surface area contributed by atoms with Gasteiger partial charge in [0, 0.05) is 38.3 Å². The molecule has 1 fully saturated rings. The summed E-state index contributed by atoms with van der Waals surface area (Å²) in [6.45, 7) is 6.45. The van der Waals surface area contributed by atoms with Crippen LogP contribution in [0.1, 0.15) is 36.2 Å². The van der Waals surface area contributed by atoms with Crippen LogP contribution in [0.5, 0.6) is 0 Å². The lowest BCUT2D eigenvalue weighted by Crippen LogP contribution is -2.57. The molecule has 3 heterocycles. The molecule has 2 aliphatic rings. The maximum Gasteiger partial charge on any atom is 0.417 e. The monoisotopic (exact) mass is 313 g/mol. The summed E-state index contributed by atoms with van der Waals surface area (Å²) in [7, 11) is 0. The molecule has 0 N–H and O–H groups in total. The van der Waals surface area contributed by atoms with Crippen LogP contribution in [0.15, 0.2) is 12.3 Å². The number of fused-ring (bicyclic) bond motifs is 3. The Morgan fingerprint density at radius 3 is 2.68 bits per heavy atom. The van der Waals surface area contributed by atoms with Gasteiger partial charge in [-0.15, -0.1) is 0 Å². The second-order valence-corrected chi connectivity index (χ2v) is 6.16. The molecular weight excluding hydrogens is 295 g/mol. The van der Waals surface area contributed by atoms with Gasteiger partial charge in [0.25, 0.3) is 0 Å². The van der Waals surface area contributed by atoms with E-state index in [-0.39, 0.29) is 23.8 Å². The van der Waals surface area contributed by atoms with Crippen LogP contribution in [-0.2, 0) is 6.18 Å². The zero-order chi connectivity index (χ0) is 16.1. The first-order valence-electron chi connectivity index (χ1n) is 7.38. The minimum atomic E-state index is -4.48. The molecule has 4 nitrogen and oxygen atoms in total. The molecule has 1 aromatic rings. The lowest BCUT2D eigenvalue weighted by molar-refractivity contribution is -0.137. The number of anilines is 1. The van der Waals surface area contributed by atoms with Gasteiger partial charge >= 0.3 is 6.18 Å². The average molecular weight is 313 g/mol. The van der Waals surface area contributed by atoms with Gasteiger partial charge in [-0.1, -0.05) is 0 Å². The van der Waals surface area contributed by atoms with Crippen molar-refractivity contribution in [3.8, 4) is 0 Å². The van der Waals surface area contributed by atoms with E-state index >= 15 is 0 Å². The van der Waals surface area contributed by atoms with Gasteiger partial charge in [0.1, 0.15) is 5.82 Å². The molecule has 22 heavy (non-hydrogen) atoms. The average Bonchev–Trinajstić information content (AvgIpc) is 2.45. The zero-order valence-corrected chi connectivity index (χ0v) is 12.5. The first kappa shape index (κ1) is 15.3. The Kier molecular flexibility index (Phi) is 3.63. The summed E-state index contributed by atoms with van der Waals surface area (Å²) in [5.41, 5.74) is -0.761. The minimum Gasteiger partial charge on any atom is -0.350 e. The lowest BCUT2D eigenvalue weighted by atomic mass is 9.94. The molecule has 0 amide bonds. The normalized spacial score (nSPS) is 22.7. The van der Waals surface area contributed by atoms with E-state index in [0.717, 1.165) is 25.4 Å². The van der Waals surface area contributed by atoms with Crippen LogP contribution >= 0.6 is 0 Å². The molecule has 0 spiro atoms. The standard InChI is InChI=1S/C15H18F3N3O/c1-9(2)20-3-4-21-11(8-20)6-13(22)12-5-10(15(16,17)18)7-19-14(12)21/h5,7,9,11H,3-4,6,8H2,1-2H3/t11-/m0/s1. The molecule has 0 saturated carbocycles. The molecule has 1 atom stereocenters. The van der Waals surface area contributed by atoms with Crippen molar-refractivity contribution in [3.63, 3.8) is 0 Å². The van der Waals surface area contributed by atoms with Gasteiger partial charge in [0.2, 0.25) is 0 Å². The molecule has 0 unspecified atom stereocenters. The third kappa shape index (κ3) is 2.58. The summed E-state index contributed by atoms with van der Waals surface area (Å²) in [6, 6.07) is 1.33. The van der Waals surface area contributed by atoms with E-state index in [1.165, 1.54) is 0 Å². The Hall–Kier alpha value is -1.63. The molecule has 0 radical (unpaired) electrons. The maximum absolute atomic E-state index is 12.8. The first-order valence-corrected chi connectivity index (χ1v) is 7.38. The highest BCUT2D eigenvalue weighted by molar-refractivity contribution is 6.03. The van der Waals surface area contributed by atoms with Crippen molar-refractivity contribution in [2.24, 2.45) is 0 Å². The third-order valence-corrected chi connectivity index (χ3v) is 4.43. The van der Waals surface area contributed by atoms with Crippen LogP contribution in [0.4, 0.5) is 19.0 Å². The highest BCUT2D eigenvalue weighted by atomic mass is 19.4. The van der Waals surface area contributed by atoms with Gasteiger partial charge in [0.05, 0.1) is 17.2 Å². The second kappa shape index (κ2) is 5.22. The van der Waals surface area contributed by atoms with E-state index in [4.69, 9.17) is 0 Å². The maximum atomic E-state index is 12.8. The fourth-order valence-corrected chi connectivity index (χ4v) is 3.17. The number of carbonyl (C=O) groups excluding carboxylic acids is 1. The molecule has 1 saturated heterocycles. The highest BCUT2D eigenvalue weighted by Crippen LogP contribution is 2.36. The Labute approximate surface area is 126 Å². The van der Waals surface area contributed by atoms with E-state index in [1.807, 2.05) is 4.90 Å². The Morgan fingerprint density at radius 2 is 2.05 bits per heavy atom. The number of alkyl halides is 3. The van der Waals surface area contributed by atoms with Crippen molar-refractivity contribution in [3.05, 3.63) is 23.4 Å². The molecule has 3 rings (SSSR count). The van der Waals surface area contributed by atoms with Crippen molar-refractivity contribution in [2.75, 3.05) is 24.5 Å². The predicted molar refractivity (Wildman–Crippen MR) is 76.0 cm³/mol. The first-order chi connectivity index (χ1) is 10.3. The van der Waals surface area contributed by atoms with Crippen LogP contribution in [0.2, 0.25) is 0 Å². The zero-order valence-electron chi connectivity index (χ0n) is 12.5. The summed E-state index contributed by atoms with van der Waals surface area (Å²) in [5.74, 6) is 0.151. The fourth-order valence-electron chi connectivity index (χ4n) is 3.17. The van der Waals surface area contributed by atoms with Gasteiger partial charge in [-0.2, -0.15) is 13.2 Å². The van der Waals surface area contributed by atoms with Crippen molar-refractivity contribution in [1.29, 1.82) is 0 Å². The van der Waals surface area contributed by atoms with E-state index in [1.54, 1.807) is 0 Å². The number of hydrogen-bond donors (Lipinski definition) is 0. The predicted octanol–water partition coefficient (Wildman–Crippen LogP) is 2.59. The molecular formula is C15H18F3N3O. The Balaban J connectivity index is 1.93. The summed E-state index contributed by atoms with van der Waals surface area (Å²) in [5, 5.41) is 0. The van der Waals surface area contributed by atoms with Gasteiger partial charge < -0.3 is 4.90 Å². The fraction of sp³-hybridized carbons (Fsp3) is 0.600. The van der Waals surface area contributed by atoms with E-state index in [2.05, 4.69) is 23.7 Å². The van der Waals surface area contributed by atoms with E-state index in [0.29, 0.717) is 18.4 Å². The summed E-state index contributed by atoms with van der Waals surface area (Å²) in [6.07, 6.45) is -3.40. The molecule has 2 aliphatic heterocycles. The molecule has 1 aromatic heterocycles. The summed E-state index contributed by atoms with van der Waals surface area (Å²) in [4.78, 5) is 20.5. The summed E-state index contributed by atoms with van der Waals surface area (Å²) >= 11 is 0. The molecule has 0 aromatic carbocycles. The van der Waals surface area contributed by atoms with Crippen molar-refractivity contribution < 1.29 is 18.0 Å². The number of ketones is 1. The lowest BCUT2D eigenvalue weighted by Gasteiger charge is -2.46. The number of carbonyl (C=O) groups is 1. The van der Waals surface area contributed by atoms with E-state index < -0.39 is 11.7 Å². The number of Topliss-reactive ketones (excluding diaryl/α,β-unsaturated/α-hetero) is 1. The van der Waals surface area contributed by atoms with Gasteiger partial charge in [-0.05, 0) is 19.9 Å². The SMILES string of the molecule is CC(C)N1CCN2c3ncc(C(F)(F)F)cc3C(=O)C[C@H]2C1. The number of nitrogens with zero attached hydrogens (tertiary/aromatic N) is 3. The van der Waals surface area contributed by atoms with Gasteiger partial charge in [0.15, 0.2) is 5.78 Å². The van der Waals surface area contributed by atoms with Crippen LogP contribution in [0.3, 0.4) is 0 Å². The number of halogens is 3. The van der Waals surface area contributed by atoms with Crippen molar-refractivity contribution in [1.82, 2.24) is 9.88 Å². The minimum absolute atomic E-state index is 0.000358. The Bertz CT molecular complexity index is 600. The Morgan fingerprint density at radius 1 is 1.32 bits per heavy atom. The smallest absolute Gasteiger partial charge is 0.350 e. The van der Waals surface area contributed by atoms with Crippen LogP contribution in [0, 0.1) is 0 Å². The number of pyridine rings is 1. The molecule has 0 bridgehead atoms. The van der Waals surface area contributed by atoms with Crippen LogP contribution in [-0.4, -0.2) is 47.4 Å². The number of hydrogen-bond acceptors (Lipinski definition) is 4. The van der Waals surface area contributed by atoms with Crippen molar-refractivity contribution in [2.45, 2.75) is 38.5 Å². The van der Waals surface area contributed by atoms with Crippen LogP contribution < -0.4 is 4.90 Å². The quantitative estimate of drug-likeness (QED) is 0.798. The topological polar surface area (TPSA) is 36.4 Å². The van der Waals surface area contributed by atoms with Crippen LogP contribution in [0.25, 0.3) is 0 Å². The largest absolute Gasteiger partial charge is 0.417 e.